The number of fused-ring (bicyclic) bond motifs is 6. The first-order chi connectivity index (χ1) is 19.4. The number of thiol groups is 1. The Hall–Kier alpha value is -1.89. The minimum Gasteiger partial charge on any atom is -0.346 e. The molecule has 1 fully saturated rings. The van der Waals surface area contributed by atoms with Gasteiger partial charge in [0.25, 0.3) is 5.91 Å². The molecule has 3 unspecified atom stereocenters. The standard InChI is InChI=1S/C19H20ClFN8O8P2S2/c20-8-3-9-15(23-4-8)28-1-2-33-38(31,40)34-5-10-12(21)14(37-39(32,41)35-6-11(28)25-9)18(36-10)29-7-24-13-16(29)26-19(22)27-17(13)30/h3-4,7,10,12-14,18H,1-2,5-6H2,(H,31,40)(H,32,41)(H2,22,27,30)/t10-,12+,13?,14-,18-,38?,39?/m1/s1. The number of amidine groups is 1. The molecule has 2 bridgehead atoms. The van der Waals surface area contributed by atoms with Gasteiger partial charge in [0.2, 0.25) is 5.96 Å². The van der Waals surface area contributed by atoms with Crippen LogP contribution in [0.5, 0.6) is 0 Å². The van der Waals surface area contributed by atoms with Crippen molar-refractivity contribution in [2.75, 3.05) is 13.2 Å². The van der Waals surface area contributed by atoms with E-state index in [1.807, 2.05) is 0 Å². The van der Waals surface area contributed by atoms with Crippen LogP contribution in [0.15, 0.2) is 22.2 Å². The Kier molecular flexibility index (Phi) is 7.82. The van der Waals surface area contributed by atoms with Crippen LogP contribution in [0.3, 0.4) is 0 Å². The molecule has 3 N–H and O–H groups in total. The number of aromatic nitrogens is 3. The van der Waals surface area contributed by atoms with Crippen molar-refractivity contribution in [2.24, 2.45) is 9.98 Å². The van der Waals surface area contributed by atoms with Crippen LogP contribution in [-0.2, 0) is 57.1 Å². The van der Waals surface area contributed by atoms with E-state index < -0.39 is 69.2 Å². The van der Waals surface area contributed by atoms with E-state index in [-0.39, 0.29) is 24.8 Å². The molecular formula is C19H20ClFN8O8P2S2. The Morgan fingerprint density at radius 3 is 2.95 bits per heavy atom. The molecular weight excluding hydrogens is 649 g/mol. The van der Waals surface area contributed by atoms with Gasteiger partial charge in [-0.1, -0.05) is 23.8 Å². The van der Waals surface area contributed by atoms with Gasteiger partial charge in [-0.05, 0) is 17.9 Å². The lowest BCUT2D eigenvalue weighted by molar-refractivity contribution is -0.119. The molecule has 4 aliphatic heterocycles. The second-order valence-corrected chi connectivity index (χ2v) is 15.1. The Bertz CT molecular complexity index is 1600. The highest BCUT2D eigenvalue weighted by molar-refractivity contribution is 8.44. The third kappa shape index (κ3) is 5.86. The molecule has 22 heteroatoms. The molecule has 7 atom stereocenters. The molecule has 2 aromatic heterocycles. The van der Waals surface area contributed by atoms with Crippen LogP contribution in [0, 0.1) is 5.41 Å². The maximum absolute atomic E-state index is 15.8. The summed E-state index contributed by atoms with van der Waals surface area (Å²) in [6.45, 7) is -9.25. The number of hydrogen-bond acceptors (Lipinski definition) is 13. The van der Waals surface area contributed by atoms with Gasteiger partial charge in [0.15, 0.2) is 29.9 Å². The monoisotopic (exact) mass is 668 g/mol. The van der Waals surface area contributed by atoms with Crippen LogP contribution in [0.4, 0.5) is 4.39 Å². The number of carbonyl (C=O) groups is 1. The number of pyridine rings is 1. The largest absolute Gasteiger partial charge is 0.387 e. The summed E-state index contributed by atoms with van der Waals surface area (Å²) in [5, 5.41) is 10.3. The zero-order chi connectivity index (χ0) is 29.1. The summed E-state index contributed by atoms with van der Waals surface area (Å²) in [7, 11) is 0. The van der Waals surface area contributed by atoms with Crippen molar-refractivity contribution in [2.45, 2.75) is 43.8 Å². The minimum absolute atomic E-state index is 0.0362. The Morgan fingerprint density at radius 1 is 1.34 bits per heavy atom. The normalized spacial score (nSPS) is 36.3. The summed E-state index contributed by atoms with van der Waals surface area (Å²) in [4.78, 5) is 40.8. The summed E-state index contributed by atoms with van der Waals surface area (Å²) in [6.07, 6.45) is -3.91. The maximum Gasteiger partial charge on any atom is 0.387 e. The highest BCUT2D eigenvalue weighted by atomic mass is 35.5. The van der Waals surface area contributed by atoms with Crippen LogP contribution < -0.4 is 5.32 Å². The van der Waals surface area contributed by atoms with Crippen LogP contribution >= 0.6 is 37.4 Å². The fourth-order valence-electron chi connectivity index (χ4n) is 4.55. The van der Waals surface area contributed by atoms with E-state index in [1.54, 1.807) is 10.6 Å². The lowest BCUT2D eigenvalue weighted by Gasteiger charge is -2.30. The average molecular weight is 669 g/mol. The summed E-state index contributed by atoms with van der Waals surface area (Å²) in [5.74, 6) is -0.896. The van der Waals surface area contributed by atoms with Gasteiger partial charge >= 0.3 is 13.5 Å². The molecule has 1 amide bonds. The first kappa shape index (κ1) is 29.2. The van der Waals surface area contributed by atoms with Crippen LogP contribution in [0.25, 0.3) is 11.2 Å². The number of nitrogens with one attached hydrogen (secondary N) is 2. The lowest BCUT2D eigenvalue weighted by Crippen LogP contribution is -2.53. The summed E-state index contributed by atoms with van der Waals surface area (Å²) in [5.41, 5.74) is 0.790. The van der Waals surface area contributed by atoms with E-state index in [0.29, 0.717) is 16.2 Å². The Balaban J connectivity index is 1.33. The van der Waals surface area contributed by atoms with Crippen LogP contribution in [-0.4, -0.2) is 92.2 Å². The molecule has 0 saturated carbocycles. The maximum atomic E-state index is 15.8. The molecule has 0 spiro atoms. The van der Waals surface area contributed by atoms with Gasteiger partial charge in [-0.25, -0.2) is 18.9 Å². The summed E-state index contributed by atoms with van der Waals surface area (Å²) < 4.78 is 58.5. The third-order valence-corrected chi connectivity index (χ3v) is 9.74. The fraction of sp³-hybridized carbons (Fsp3) is 0.474. The van der Waals surface area contributed by atoms with E-state index in [0.717, 1.165) is 0 Å². The van der Waals surface area contributed by atoms with Gasteiger partial charge < -0.3 is 23.2 Å². The number of imidazole rings is 1. The number of guanidine groups is 1. The highest BCUT2D eigenvalue weighted by Gasteiger charge is 2.54. The highest BCUT2D eigenvalue weighted by Crippen LogP contribution is 2.57. The first-order valence-electron chi connectivity index (χ1n) is 11.8. The molecule has 1 saturated heterocycles. The van der Waals surface area contributed by atoms with E-state index >= 15 is 4.39 Å². The molecule has 41 heavy (non-hydrogen) atoms. The quantitative estimate of drug-likeness (QED) is 0.253. The molecule has 0 radical (unpaired) electrons. The number of hydrogen-bond donors (Lipinski definition) is 4. The van der Waals surface area contributed by atoms with Gasteiger partial charge in [-0.15, -0.1) is 0 Å². The van der Waals surface area contributed by atoms with E-state index in [9.17, 15) is 14.3 Å². The van der Waals surface area contributed by atoms with Gasteiger partial charge in [0, 0.05) is 12.7 Å². The molecule has 220 valence electrons. The Morgan fingerprint density at radius 2 is 2.15 bits per heavy atom. The molecule has 2 aromatic rings. The number of halogens is 2. The predicted octanol–water partition coefficient (Wildman–Crippen LogP) is 1.53. The zero-order valence-electron chi connectivity index (χ0n) is 20.4. The van der Waals surface area contributed by atoms with Gasteiger partial charge in [0.05, 0.1) is 24.6 Å². The average Bonchev–Trinajstić information content (AvgIpc) is 3.55. The Labute approximate surface area is 245 Å². The number of nitrogens with zero attached hydrogens (tertiary/aromatic N) is 6. The van der Waals surface area contributed by atoms with E-state index in [2.05, 4.69) is 37.5 Å². The van der Waals surface area contributed by atoms with Crippen molar-refractivity contribution in [3.63, 3.8) is 0 Å². The fourth-order valence-corrected chi connectivity index (χ4v) is 7.20. The number of carbonyl (C=O) groups excluding carboxylic acids is 1. The van der Waals surface area contributed by atoms with Crippen molar-refractivity contribution in [1.82, 2.24) is 24.8 Å². The van der Waals surface area contributed by atoms with Crippen LogP contribution in [0.2, 0.25) is 5.02 Å². The number of alkyl halides is 1. The van der Waals surface area contributed by atoms with Crippen LogP contribution in [0.1, 0.15) is 5.82 Å². The summed E-state index contributed by atoms with van der Waals surface area (Å²) >= 11 is 15.2. The molecule has 16 nitrogen and oxygen atoms in total. The van der Waals surface area contributed by atoms with Crippen molar-refractivity contribution >= 4 is 84.4 Å². The zero-order valence-corrected chi connectivity index (χ0v) is 24.7. The number of aliphatic imine (C=N–C) groups is 2. The van der Waals surface area contributed by atoms with Gasteiger partial charge in [-0.2, -0.15) is 4.99 Å². The lowest BCUT2D eigenvalue weighted by atomic mass is 10.1. The van der Waals surface area contributed by atoms with E-state index in [1.165, 1.54) is 17.4 Å². The smallest absolute Gasteiger partial charge is 0.346 e. The van der Waals surface area contributed by atoms with Gasteiger partial charge in [-0.3, -0.25) is 34.5 Å². The number of rotatable bonds is 1. The molecule has 6 heterocycles. The first-order valence-corrected chi connectivity index (χ1v) is 17.4. The predicted molar refractivity (Wildman–Crippen MR) is 148 cm³/mol. The molecule has 0 aliphatic carbocycles. The minimum atomic E-state index is -4.32. The molecule has 4 aliphatic rings. The summed E-state index contributed by atoms with van der Waals surface area (Å²) in [6, 6.07) is 0.442. The van der Waals surface area contributed by atoms with E-state index in [4.69, 9.17) is 51.6 Å². The number of ether oxygens (including phenoxy) is 1. The SMILES string of the molecule is N=C1N=C2C(N=CN2[C@@H]2O[C@@H]3COP(O)(=S)OCCn4c(nc5cc(Cl)cnc54)COP(=O)(S)O[C@@H]2[C@H]3F)C(=O)N1. The molecule has 6 rings (SSSR count). The topological polar surface area (TPSA) is 195 Å². The van der Waals surface area contributed by atoms with Crippen molar-refractivity contribution < 1.29 is 41.5 Å². The van der Waals surface area contributed by atoms with Gasteiger partial charge in [0.1, 0.15) is 30.2 Å². The van der Waals surface area contributed by atoms with Crippen molar-refractivity contribution in [3.05, 3.63) is 23.1 Å². The number of amides is 1. The second kappa shape index (κ2) is 11.0. The third-order valence-electron chi connectivity index (χ3n) is 6.32. The second-order valence-electron chi connectivity index (χ2n) is 8.98. The van der Waals surface area contributed by atoms with Crippen molar-refractivity contribution in [3.8, 4) is 0 Å². The molecule has 0 aromatic carbocycles. The van der Waals surface area contributed by atoms with Crippen molar-refractivity contribution in [1.29, 1.82) is 5.41 Å².